The average molecular weight is 322 g/mol. The van der Waals surface area contributed by atoms with Crippen LogP contribution in [0, 0.1) is 0 Å². The Labute approximate surface area is 122 Å². The van der Waals surface area contributed by atoms with Crippen LogP contribution in [0.3, 0.4) is 0 Å². The number of hydrogen-bond acceptors (Lipinski definition) is 2. The third kappa shape index (κ3) is 1.64. The molecule has 0 aliphatic carbocycles. The van der Waals surface area contributed by atoms with Crippen LogP contribution in [-0.4, -0.2) is 5.11 Å². The molecule has 2 aromatic carbocycles. The summed E-state index contributed by atoms with van der Waals surface area (Å²) >= 11 is 23.8. The van der Waals surface area contributed by atoms with Crippen LogP contribution < -0.4 is 0 Å². The Morgan fingerprint density at radius 1 is 0.833 bits per heavy atom. The topological polar surface area (TPSA) is 33.4 Å². The van der Waals surface area contributed by atoms with Crippen molar-refractivity contribution in [1.29, 1.82) is 0 Å². The van der Waals surface area contributed by atoms with E-state index in [0.29, 0.717) is 32.0 Å². The predicted molar refractivity (Wildman–Crippen MR) is 75.4 cm³/mol. The van der Waals surface area contributed by atoms with Crippen LogP contribution in [0.5, 0.6) is 5.75 Å². The minimum atomic E-state index is -0.181. The fourth-order valence-electron chi connectivity index (χ4n) is 1.85. The van der Waals surface area contributed by atoms with E-state index in [1.807, 2.05) is 0 Å². The molecule has 1 heterocycles. The Morgan fingerprint density at radius 2 is 1.44 bits per heavy atom. The van der Waals surface area contributed by atoms with Crippen molar-refractivity contribution < 1.29 is 9.52 Å². The number of aromatic hydroxyl groups is 1. The Kier molecular flexibility index (Phi) is 2.79. The van der Waals surface area contributed by atoms with Gasteiger partial charge in [-0.1, -0.05) is 46.4 Å². The molecule has 3 aromatic rings. The minimum Gasteiger partial charge on any atom is -0.505 e. The van der Waals surface area contributed by atoms with Crippen molar-refractivity contribution in [2.24, 2.45) is 0 Å². The van der Waals surface area contributed by atoms with Crippen molar-refractivity contribution in [1.82, 2.24) is 0 Å². The largest absolute Gasteiger partial charge is 0.505 e. The molecule has 6 heteroatoms. The standard InChI is InChI=1S/C12H4Cl4O2/c13-5-1-4-8(2-6(5)14)18-9-3-7(15)12(17)11(16)10(4)9/h1-3,17H. The molecular weight excluding hydrogens is 318 g/mol. The highest BCUT2D eigenvalue weighted by Crippen LogP contribution is 2.44. The summed E-state index contributed by atoms with van der Waals surface area (Å²) in [4.78, 5) is 0. The molecule has 0 bridgehead atoms. The Balaban J connectivity index is 2.57. The van der Waals surface area contributed by atoms with Gasteiger partial charge in [-0.2, -0.15) is 0 Å². The Morgan fingerprint density at radius 3 is 2.17 bits per heavy atom. The number of rotatable bonds is 0. The summed E-state index contributed by atoms with van der Waals surface area (Å²) < 4.78 is 5.58. The summed E-state index contributed by atoms with van der Waals surface area (Å²) in [5.41, 5.74) is 0.999. The molecule has 0 spiro atoms. The molecular formula is C12H4Cl4O2. The highest BCUT2D eigenvalue weighted by molar-refractivity contribution is 6.45. The normalized spacial score (nSPS) is 11.6. The fraction of sp³-hybridized carbons (Fsp3) is 0. The first-order valence-electron chi connectivity index (χ1n) is 4.87. The second-order valence-electron chi connectivity index (χ2n) is 3.76. The second kappa shape index (κ2) is 4.10. The van der Waals surface area contributed by atoms with Gasteiger partial charge in [0.25, 0.3) is 0 Å². The van der Waals surface area contributed by atoms with Gasteiger partial charge in [-0.05, 0) is 6.07 Å². The van der Waals surface area contributed by atoms with E-state index >= 15 is 0 Å². The van der Waals surface area contributed by atoms with Gasteiger partial charge in [0.15, 0.2) is 5.75 Å². The number of phenolic OH excluding ortho intramolecular Hbond substituents is 1. The fourth-order valence-corrected chi connectivity index (χ4v) is 2.70. The molecule has 0 saturated heterocycles. The minimum absolute atomic E-state index is 0.128. The van der Waals surface area contributed by atoms with Crippen molar-refractivity contribution in [3.63, 3.8) is 0 Å². The molecule has 0 unspecified atom stereocenters. The van der Waals surface area contributed by atoms with Crippen molar-refractivity contribution in [3.8, 4) is 5.75 Å². The molecule has 0 amide bonds. The lowest BCUT2D eigenvalue weighted by Crippen LogP contribution is -1.75. The summed E-state index contributed by atoms with van der Waals surface area (Å²) in [6.07, 6.45) is 0. The quantitative estimate of drug-likeness (QED) is 0.558. The smallest absolute Gasteiger partial charge is 0.153 e. The molecule has 2 nitrogen and oxygen atoms in total. The second-order valence-corrected chi connectivity index (χ2v) is 5.36. The highest BCUT2D eigenvalue weighted by atomic mass is 35.5. The molecule has 0 saturated carbocycles. The van der Waals surface area contributed by atoms with Crippen LogP contribution in [0.2, 0.25) is 20.1 Å². The number of phenols is 1. The SMILES string of the molecule is Oc1c(Cl)cc2oc3cc(Cl)c(Cl)cc3c2c1Cl. The van der Waals surface area contributed by atoms with Crippen LogP contribution in [0.25, 0.3) is 21.9 Å². The molecule has 1 aromatic heterocycles. The van der Waals surface area contributed by atoms with E-state index in [2.05, 4.69) is 0 Å². The molecule has 18 heavy (non-hydrogen) atoms. The lowest BCUT2D eigenvalue weighted by Gasteiger charge is -2.00. The van der Waals surface area contributed by atoms with Gasteiger partial charge < -0.3 is 9.52 Å². The molecule has 92 valence electrons. The lowest BCUT2D eigenvalue weighted by molar-refractivity contribution is 0.476. The van der Waals surface area contributed by atoms with Gasteiger partial charge in [-0.3, -0.25) is 0 Å². The van der Waals surface area contributed by atoms with E-state index in [0.717, 1.165) is 0 Å². The third-order valence-corrected chi connectivity index (χ3v) is 4.05. The van der Waals surface area contributed by atoms with Crippen molar-refractivity contribution in [2.75, 3.05) is 0 Å². The molecule has 0 radical (unpaired) electrons. The maximum atomic E-state index is 9.74. The highest BCUT2D eigenvalue weighted by Gasteiger charge is 2.17. The van der Waals surface area contributed by atoms with Gasteiger partial charge in [0.2, 0.25) is 0 Å². The van der Waals surface area contributed by atoms with E-state index in [9.17, 15) is 5.11 Å². The number of halogens is 4. The summed E-state index contributed by atoms with van der Waals surface area (Å²) in [5.74, 6) is -0.181. The zero-order valence-corrected chi connectivity index (χ0v) is 11.6. The van der Waals surface area contributed by atoms with Gasteiger partial charge >= 0.3 is 0 Å². The van der Waals surface area contributed by atoms with Crippen LogP contribution >= 0.6 is 46.4 Å². The number of hydrogen-bond donors (Lipinski definition) is 1. The Hall–Kier alpha value is -0.800. The Bertz CT molecular complexity index is 792. The average Bonchev–Trinajstić information content (AvgIpc) is 2.64. The van der Waals surface area contributed by atoms with Crippen molar-refractivity contribution in [3.05, 3.63) is 38.3 Å². The lowest BCUT2D eigenvalue weighted by atomic mass is 10.1. The summed E-state index contributed by atoms with van der Waals surface area (Å²) in [5, 5.41) is 12.0. The number of fused-ring (bicyclic) bond motifs is 3. The third-order valence-electron chi connectivity index (χ3n) is 2.67. The predicted octanol–water partition coefficient (Wildman–Crippen LogP) is 5.91. The van der Waals surface area contributed by atoms with E-state index in [1.54, 1.807) is 12.1 Å². The van der Waals surface area contributed by atoms with Gasteiger partial charge in [0.1, 0.15) is 11.2 Å². The molecule has 1 N–H and O–H groups in total. The molecule has 0 aliphatic rings. The molecule has 0 atom stereocenters. The number of furan rings is 1. The van der Waals surface area contributed by atoms with Gasteiger partial charge in [0, 0.05) is 17.5 Å². The maximum absolute atomic E-state index is 9.74. The summed E-state index contributed by atoms with van der Waals surface area (Å²) in [6, 6.07) is 4.74. The van der Waals surface area contributed by atoms with Crippen molar-refractivity contribution >= 4 is 68.3 Å². The summed E-state index contributed by atoms with van der Waals surface area (Å²) in [6.45, 7) is 0. The monoisotopic (exact) mass is 320 g/mol. The van der Waals surface area contributed by atoms with Crippen LogP contribution in [-0.2, 0) is 0 Å². The molecule has 0 fully saturated rings. The van der Waals surface area contributed by atoms with Crippen LogP contribution in [0.4, 0.5) is 0 Å². The van der Waals surface area contributed by atoms with E-state index in [4.69, 9.17) is 50.8 Å². The first kappa shape index (κ1) is 12.2. The molecule has 3 rings (SSSR count). The zero-order chi connectivity index (χ0) is 13.0. The number of benzene rings is 2. The zero-order valence-electron chi connectivity index (χ0n) is 8.60. The first-order valence-corrected chi connectivity index (χ1v) is 6.38. The first-order chi connectivity index (χ1) is 8.49. The van der Waals surface area contributed by atoms with Gasteiger partial charge in [-0.15, -0.1) is 0 Å². The van der Waals surface area contributed by atoms with Crippen LogP contribution in [0.15, 0.2) is 22.6 Å². The van der Waals surface area contributed by atoms with E-state index in [1.165, 1.54) is 6.07 Å². The van der Waals surface area contributed by atoms with Crippen LogP contribution in [0.1, 0.15) is 0 Å². The van der Waals surface area contributed by atoms with Gasteiger partial charge in [-0.25, -0.2) is 0 Å². The molecule has 0 aliphatic heterocycles. The van der Waals surface area contributed by atoms with E-state index < -0.39 is 0 Å². The summed E-state index contributed by atoms with van der Waals surface area (Å²) in [7, 11) is 0. The maximum Gasteiger partial charge on any atom is 0.153 e. The van der Waals surface area contributed by atoms with Crippen molar-refractivity contribution in [2.45, 2.75) is 0 Å². The van der Waals surface area contributed by atoms with Gasteiger partial charge in [0.05, 0.1) is 25.5 Å². The van der Waals surface area contributed by atoms with E-state index in [-0.39, 0.29) is 15.8 Å².